The van der Waals surface area contributed by atoms with Gasteiger partial charge in [-0.05, 0) is 19.1 Å². The van der Waals surface area contributed by atoms with Gasteiger partial charge < -0.3 is 19.9 Å². The quantitative estimate of drug-likeness (QED) is 0.775. The van der Waals surface area contributed by atoms with Crippen LogP contribution in [0.4, 0.5) is 5.69 Å². The van der Waals surface area contributed by atoms with Crippen molar-refractivity contribution in [2.24, 2.45) is 0 Å². The van der Waals surface area contributed by atoms with E-state index in [4.69, 9.17) is 14.6 Å². The Morgan fingerprint density at radius 2 is 1.93 bits per heavy atom. The fraction of sp³-hybridized carbons (Fsp3) is 0.455. The maximum Gasteiger partial charge on any atom is 0.162 e. The van der Waals surface area contributed by atoms with E-state index in [0.717, 1.165) is 5.69 Å². The summed E-state index contributed by atoms with van der Waals surface area (Å²) in [5.74, 6) is 1.37. The maximum absolute atomic E-state index is 9.12. The molecule has 0 aromatic heterocycles. The monoisotopic (exact) mass is 211 g/mol. The third-order valence-corrected chi connectivity index (χ3v) is 1.99. The Hall–Kier alpha value is -1.42. The predicted molar refractivity (Wildman–Crippen MR) is 59.7 cm³/mol. The maximum atomic E-state index is 9.12. The zero-order chi connectivity index (χ0) is 11.3. The van der Waals surface area contributed by atoms with Crippen LogP contribution in [-0.4, -0.2) is 32.0 Å². The summed E-state index contributed by atoms with van der Waals surface area (Å²) >= 11 is 0. The van der Waals surface area contributed by atoms with Crippen molar-refractivity contribution in [1.82, 2.24) is 0 Å². The standard InChI is InChI=1S/C11H17NO3/c1-8(13)7-12-9-4-5-10(14-2)11(6-9)15-3/h4-6,8,12-13H,7H2,1-3H3/t8-/m0/s1. The van der Waals surface area contributed by atoms with Crippen molar-refractivity contribution in [3.63, 3.8) is 0 Å². The topological polar surface area (TPSA) is 50.7 Å². The van der Waals surface area contributed by atoms with Gasteiger partial charge in [-0.1, -0.05) is 0 Å². The number of aliphatic hydroxyl groups is 1. The molecular formula is C11H17NO3. The average molecular weight is 211 g/mol. The van der Waals surface area contributed by atoms with Crippen LogP contribution in [0, 0.1) is 0 Å². The average Bonchev–Trinajstić information content (AvgIpc) is 2.25. The molecule has 0 aliphatic carbocycles. The van der Waals surface area contributed by atoms with Gasteiger partial charge in [-0.3, -0.25) is 0 Å². The number of aliphatic hydroxyl groups excluding tert-OH is 1. The van der Waals surface area contributed by atoms with Gasteiger partial charge in [0.25, 0.3) is 0 Å². The van der Waals surface area contributed by atoms with Gasteiger partial charge in [0.05, 0.1) is 20.3 Å². The first-order valence-electron chi connectivity index (χ1n) is 4.81. The van der Waals surface area contributed by atoms with E-state index >= 15 is 0 Å². The summed E-state index contributed by atoms with van der Waals surface area (Å²) < 4.78 is 10.3. The Balaban J connectivity index is 2.74. The van der Waals surface area contributed by atoms with Crippen molar-refractivity contribution in [1.29, 1.82) is 0 Å². The van der Waals surface area contributed by atoms with Crippen LogP contribution >= 0.6 is 0 Å². The van der Waals surface area contributed by atoms with Crippen molar-refractivity contribution in [2.75, 3.05) is 26.1 Å². The minimum atomic E-state index is -0.377. The third kappa shape index (κ3) is 3.32. The summed E-state index contributed by atoms with van der Waals surface area (Å²) in [5.41, 5.74) is 0.897. The van der Waals surface area contributed by atoms with Crippen molar-refractivity contribution >= 4 is 5.69 Å². The van der Waals surface area contributed by atoms with Gasteiger partial charge in [-0.15, -0.1) is 0 Å². The molecule has 15 heavy (non-hydrogen) atoms. The van der Waals surface area contributed by atoms with E-state index in [2.05, 4.69) is 5.32 Å². The van der Waals surface area contributed by atoms with E-state index < -0.39 is 0 Å². The first-order chi connectivity index (χ1) is 7.17. The molecule has 2 N–H and O–H groups in total. The Labute approximate surface area is 89.8 Å². The van der Waals surface area contributed by atoms with Crippen LogP contribution in [0.2, 0.25) is 0 Å². The fourth-order valence-electron chi connectivity index (χ4n) is 1.21. The van der Waals surface area contributed by atoms with E-state index in [1.165, 1.54) is 0 Å². The van der Waals surface area contributed by atoms with Gasteiger partial charge in [0.2, 0.25) is 0 Å². The summed E-state index contributed by atoms with van der Waals surface area (Å²) in [4.78, 5) is 0. The Morgan fingerprint density at radius 3 is 2.47 bits per heavy atom. The number of benzene rings is 1. The second-order valence-corrected chi connectivity index (χ2v) is 3.30. The molecule has 4 heteroatoms. The lowest BCUT2D eigenvalue weighted by Gasteiger charge is -2.12. The number of hydrogen-bond acceptors (Lipinski definition) is 4. The minimum Gasteiger partial charge on any atom is -0.493 e. The molecule has 0 radical (unpaired) electrons. The highest BCUT2D eigenvalue weighted by atomic mass is 16.5. The fourth-order valence-corrected chi connectivity index (χ4v) is 1.21. The van der Waals surface area contributed by atoms with E-state index in [1.54, 1.807) is 21.1 Å². The van der Waals surface area contributed by atoms with Gasteiger partial charge >= 0.3 is 0 Å². The number of rotatable bonds is 5. The van der Waals surface area contributed by atoms with Crippen molar-refractivity contribution in [2.45, 2.75) is 13.0 Å². The van der Waals surface area contributed by atoms with Crippen LogP contribution in [0.25, 0.3) is 0 Å². The first-order valence-corrected chi connectivity index (χ1v) is 4.81. The van der Waals surface area contributed by atoms with Crippen LogP contribution < -0.4 is 14.8 Å². The predicted octanol–water partition coefficient (Wildman–Crippen LogP) is 1.50. The van der Waals surface area contributed by atoms with Crippen molar-refractivity contribution in [3.8, 4) is 11.5 Å². The molecule has 0 amide bonds. The van der Waals surface area contributed by atoms with Gasteiger partial charge in [0.1, 0.15) is 0 Å². The SMILES string of the molecule is COc1ccc(NC[C@H](C)O)cc1OC. The molecule has 0 fully saturated rings. The zero-order valence-electron chi connectivity index (χ0n) is 9.28. The Bertz CT molecular complexity index is 313. The number of nitrogens with one attached hydrogen (secondary N) is 1. The summed E-state index contributed by atoms with van der Waals surface area (Å²) in [7, 11) is 3.19. The highest BCUT2D eigenvalue weighted by molar-refractivity contribution is 5.54. The molecule has 1 rings (SSSR count). The molecule has 1 aromatic rings. The van der Waals surface area contributed by atoms with Crippen LogP contribution in [-0.2, 0) is 0 Å². The van der Waals surface area contributed by atoms with Gasteiger partial charge in [0.15, 0.2) is 11.5 Å². The van der Waals surface area contributed by atoms with E-state index in [-0.39, 0.29) is 6.10 Å². The lowest BCUT2D eigenvalue weighted by atomic mass is 10.2. The summed E-state index contributed by atoms with van der Waals surface area (Å²) in [6.45, 7) is 2.24. The highest BCUT2D eigenvalue weighted by Crippen LogP contribution is 2.29. The third-order valence-electron chi connectivity index (χ3n) is 1.99. The Morgan fingerprint density at radius 1 is 1.27 bits per heavy atom. The molecule has 0 spiro atoms. The smallest absolute Gasteiger partial charge is 0.162 e. The van der Waals surface area contributed by atoms with Gasteiger partial charge in [-0.2, -0.15) is 0 Å². The number of anilines is 1. The van der Waals surface area contributed by atoms with Gasteiger partial charge in [-0.25, -0.2) is 0 Å². The van der Waals surface area contributed by atoms with E-state index in [1.807, 2.05) is 18.2 Å². The first kappa shape index (κ1) is 11.7. The second kappa shape index (κ2) is 5.46. The molecule has 1 atom stereocenters. The molecule has 4 nitrogen and oxygen atoms in total. The molecule has 84 valence electrons. The van der Waals surface area contributed by atoms with Crippen molar-refractivity contribution < 1.29 is 14.6 Å². The minimum absolute atomic E-state index is 0.377. The van der Waals surface area contributed by atoms with Crippen LogP contribution in [0.15, 0.2) is 18.2 Å². The van der Waals surface area contributed by atoms with Crippen LogP contribution in [0.5, 0.6) is 11.5 Å². The zero-order valence-corrected chi connectivity index (χ0v) is 9.28. The molecule has 0 saturated carbocycles. The number of methoxy groups -OCH3 is 2. The molecule has 1 aromatic carbocycles. The molecule has 0 aliphatic heterocycles. The second-order valence-electron chi connectivity index (χ2n) is 3.30. The highest BCUT2D eigenvalue weighted by Gasteiger charge is 2.04. The summed E-state index contributed by atoms with van der Waals surface area (Å²) in [5, 5.41) is 12.2. The largest absolute Gasteiger partial charge is 0.493 e. The normalized spacial score (nSPS) is 12.0. The summed E-state index contributed by atoms with van der Waals surface area (Å²) in [6, 6.07) is 5.54. The van der Waals surface area contributed by atoms with Crippen LogP contribution in [0.1, 0.15) is 6.92 Å². The van der Waals surface area contributed by atoms with E-state index in [9.17, 15) is 0 Å². The van der Waals surface area contributed by atoms with Crippen LogP contribution in [0.3, 0.4) is 0 Å². The number of hydrogen-bond donors (Lipinski definition) is 2. The number of ether oxygens (including phenoxy) is 2. The molecule has 0 unspecified atom stereocenters. The van der Waals surface area contributed by atoms with Gasteiger partial charge in [0, 0.05) is 18.3 Å². The summed E-state index contributed by atoms with van der Waals surface area (Å²) in [6.07, 6.45) is -0.377. The Kier molecular flexibility index (Phi) is 4.24. The molecule has 0 bridgehead atoms. The van der Waals surface area contributed by atoms with E-state index in [0.29, 0.717) is 18.0 Å². The van der Waals surface area contributed by atoms with Crippen molar-refractivity contribution in [3.05, 3.63) is 18.2 Å². The lowest BCUT2D eigenvalue weighted by molar-refractivity contribution is 0.208. The molecule has 0 aliphatic rings. The molecular weight excluding hydrogens is 194 g/mol. The molecule has 0 saturated heterocycles. The molecule has 0 heterocycles. The lowest BCUT2D eigenvalue weighted by Crippen LogP contribution is -2.15.